The molecule has 0 aliphatic carbocycles. The van der Waals surface area contributed by atoms with Gasteiger partial charge in [-0.1, -0.05) is 36.4 Å². The molecule has 2 aliphatic rings. The second-order valence-electron chi connectivity index (χ2n) is 5.10. The summed E-state index contributed by atoms with van der Waals surface area (Å²) in [5.74, 6) is 0. The number of para-hydroxylation sites is 2. The number of hydrogen-bond acceptors (Lipinski definition) is 2. The highest BCUT2D eigenvalue weighted by Crippen LogP contribution is 2.41. The second kappa shape index (κ2) is 4.25. The van der Waals surface area contributed by atoms with Gasteiger partial charge in [-0.3, -0.25) is 0 Å². The van der Waals surface area contributed by atoms with Crippen LogP contribution in [0.15, 0.2) is 48.5 Å². The third-order valence-electron chi connectivity index (χ3n) is 3.99. The van der Waals surface area contributed by atoms with E-state index >= 15 is 0 Å². The molecule has 0 saturated carbocycles. The number of benzene rings is 2. The van der Waals surface area contributed by atoms with Gasteiger partial charge in [0.15, 0.2) is 0 Å². The molecule has 94 valence electrons. The number of fused-ring (bicyclic) bond motifs is 4. The fraction of sp³-hybridized carbons (Fsp3) is 0.176. The molecule has 2 N–H and O–H groups in total. The summed E-state index contributed by atoms with van der Waals surface area (Å²) in [6, 6.07) is 17.2. The molecule has 2 aromatic rings. The van der Waals surface area contributed by atoms with Gasteiger partial charge in [0.2, 0.25) is 0 Å². The number of anilines is 2. The van der Waals surface area contributed by atoms with E-state index in [1.54, 1.807) is 0 Å². The Morgan fingerprint density at radius 1 is 0.737 bits per heavy atom. The van der Waals surface area contributed by atoms with Crippen molar-refractivity contribution in [2.75, 3.05) is 18.4 Å². The van der Waals surface area contributed by atoms with Crippen LogP contribution in [0.4, 0.5) is 11.4 Å². The summed E-state index contributed by atoms with van der Waals surface area (Å²) in [7, 11) is 0. The third-order valence-corrected chi connectivity index (χ3v) is 3.99. The van der Waals surface area contributed by atoms with Gasteiger partial charge in [-0.25, -0.2) is 0 Å². The monoisotopic (exact) mass is 248 g/mol. The molecule has 2 nitrogen and oxygen atoms in total. The summed E-state index contributed by atoms with van der Waals surface area (Å²) in [4.78, 5) is 0. The Hall–Kier alpha value is -2.06. The largest absolute Gasteiger partial charge is 0.355 e. The average Bonchev–Trinajstić information content (AvgIpc) is 2.62. The van der Waals surface area contributed by atoms with E-state index in [-0.39, 0.29) is 0 Å². The van der Waals surface area contributed by atoms with Crippen molar-refractivity contribution in [3.63, 3.8) is 0 Å². The van der Waals surface area contributed by atoms with Crippen molar-refractivity contribution in [2.24, 2.45) is 0 Å². The Morgan fingerprint density at radius 3 is 2.11 bits per heavy atom. The zero-order valence-corrected chi connectivity index (χ0v) is 10.7. The molecule has 2 heterocycles. The normalized spacial score (nSPS) is 16.8. The van der Waals surface area contributed by atoms with E-state index in [1.807, 2.05) is 0 Å². The van der Waals surface area contributed by atoms with Crippen molar-refractivity contribution in [2.45, 2.75) is 6.42 Å². The van der Waals surface area contributed by atoms with E-state index in [0.29, 0.717) is 0 Å². The molecule has 0 fully saturated rings. The van der Waals surface area contributed by atoms with E-state index in [0.717, 1.165) is 19.5 Å². The highest BCUT2D eigenvalue weighted by atomic mass is 14.9. The van der Waals surface area contributed by atoms with Gasteiger partial charge in [-0.05, 0) is 36.2 Å². The Bertz CT molecular complexity index is 613. The summed E-state index contributed by atoms with van der Waals surface area (Å²) < 4.78 is 0. The van der Waals surface area contributed by atoms with Gasteiger partial charge in [0.25, 0.3) is 0 Å². The molecule has 2 aromatic carbocycles. The summed E-state index contributed by atoms with van der Waals surface area (Å²) in [6.07, 6.45) is 1.10. The third kappa shape index (κ3) is 1.68. The van der Waals surface area contributed by atoms with Crippen molar-refractivity contribution in [1.29, 1.82) is 0 Å². The van der Waals surface area contributed by atoms with Gasteiger partial charge in [-0.2, -0.15) is 0 Å². The van der Waals surface area contributed by atoms with E-state index < -0.39 is 0 Å². The highest BCUT2D eigenvalue weighted by molar-refractivity contribution is 6.01. The van der Waals surface area contributed by atoms with Gasteiger partial charge in [0.1, 0.15) is 0 Å². The van der Waals surface area contributed by atoms with Crippen LogP contribution >= 0.6 is 0 Å². The lowest BCUT2D eigenvalue weighted by molar-refractivity contribution is 0.749. The topological polar surface area (TPSA) is 24.1 Å². The molecule has 0 bridgehead atoms. The van der Waals surface area contributed by atoms with Crippen LogP contribution in [0.2, 0.25) is 0 Å². The fourth-order valence-electron chi connectivity index (χ4n) is 3.10. The summed E-state index contributed by atoms with van der Waals surface area (Å²) in [5.41, 5.74) is 8.06. The van der Waals surface area contributed by atoms with Crippen molar-refractivity contribution in [3.05, 3.63) is 59.7 Å². The minimum absolute atomic E-state index is 0.961. The van der Waals surface area contributed by atoms with Gasteiger partial charge in [0, 0.05) is 29.0 Å². The molecule has 0 unspecified atom stereocenters. The van der Waals surface area contributed by atoms with Crippen LogP contribution in [0.25, 0.3) is 11.1 Å². The predicted octanol–water partition coefficient (Wildman–Crippen LogP) is 3.65. The zero-order chi connectivity index (χ0) is 12.7. The van der Waals surface area contributed by atoms with E-state index in [2.05, 4.69) is 59.2 Å². The lowest BCUT2D eigenvalue weighted by Crippen LogP contribution is -2.23. The Balaban J connectivity index is 2.04. The first-order valence-electron chi connectivity index (χ1n) is 6.82. The van der Waals surface area contributed by atoms with Crippen LogP contribution in [-0.4, -0.2) is 13.1 Å². The molecule has 4 rings (SSSR count). The zero-order valence-electron chi connectivity index (χ0n) is 10.7. The van der Waals surface area contributed by atoms with Gasteiger partial charge < -0.3 is 10.6 Å². The minimum Gasteiger partial charge on any atom is -0.355 e. The lowest BCUT2D eigenvalue weighted by atomic mass is 9.90. The molecule has 19 heavy (non-hydrogen) atoms. The first-order chi connectivity index (χ1) is 9.43. The molecule has 0 amide bonds. The fourth-order valence-corrected chi connectivity index (χ4v) is 3.10. The van der Waals surface area contributed by atoms with Crippen LogP contribution in [0.3, 0.4) is 0 Å². The standard InChI is InChI=1S/C17H16N2/c1-3-7-16-13(5-1)12-9-10-18-11-15(12)14-6-2-4-8-17(14)19-16/h1-8,18-19H,9-11H2. The van der Waals surface area contributed by atoms with Crippen molar-refractivity contribution in [1.82, 2.24) is 5.32 Å². The number of hydrogen-bond donors (Lipinski definition) is 2. The smallest absolute Gasteiger partial charge is 0.0461 e. The summed E-state index contributed by atoms with van der Waals surface area (Å²) in [6.45, 7) is 2.03. The first kappa shape index (κ1) is 10.8. The highest BCUT2D eigenvalue weighted by Gasteiger charge is 2.22. The van der Waals surface area contributed by atoms with Gasteiger partial charge in [-0.15, -0.1) is 0 Å². The predicted molar refractivity (Wildman–Crippen MR) is 80.5 cm³/mol. The van der Waals surface area contributed by atoms with E-state index in [1.165, 1.54) is 33.6 Å². The Morgan fingerprint density at radius 2 is 1.37 bits per heavy atom. The molecule has 0 radical (unpaired) electrons. The summed E-state index contributed by atoms with van der Waals surface area (Å²) in [5, 5.41) is 7.09. The molecule has 0 atom stereocenters. The summed E-state index contributed by atoms with van der Waals surface area (Å²) >= 11 is 0. The van der Waals surface area contributed by atoms with Crippen LogP contribution in [0.5, 0.6) is 0 Å². The molecule has 0 spiro atoms. The molecule has 2 aliphatic heterocycles. The first-order valence-corrected chi connectivity index (χ1v) is 6.82. The maximum absolute atomic E-state index is 3.59. The SMILES string of the molecule is c1ccc2c(c1)Nc1ccccc1C1=C2CCNC1. The van der Waals surface area contributed by atoms with E-state index in [9.17, 15) is 0 Å². The van der Waals surface area contributed by atoms with Crippen LogP contribution in [0.1, 0.15) is 17.5 Å². The van der Waals surface area contributed by atoms with Crippen molar-refractivity contribution in [3.8, 4) is 0 Å². The molecule has 0 aromatic heterocycles. The lowest BCUT2D eigenvalue weighted by Gasteiger charge is -2.21. The molecular weight excluding hydrogens is 232 g/mol. The van der Waals surface area contributed by atoms with Crippen LogP contribution < -0.4 is 10.6 Å². The molecule has 2 heteroatoms. The molecule has 0 saturated heterocycles. The average molecular weight is 248 g/mol. The number of nitrogens with one attached hydrogen (secondary N) is 2. The van der Waals surface area contributed by atoms with E-state index in [4.69, 9.17) is 0 Å². The quantitative estimate of drug-likeness (QED) is 0.743. The number of rotatable bonds is 0. The van der Waals surface area contributed by atoms with Crippen molar-refractivity contribution < 1.29 is 0 Å². The Kier molecular flexibility index (Phi) is 2.42. The van der Waals surface area contributed by atoms with Gasteiger partial charge >= 0.3 is 0 Å². The minimum atomic E-state index is 0.961. The molecular formula is C17H16N2. The van der Waals surface area contributed by atoms with Crippen LogP contribution in [0, 0.1) is 0 Å². The van der Waals surface area contributed by atoms with Crippen molar-refractivity contribution >= 4 is 22.5 Å². The van der Waals surface area contributed by atoms with Crippen LogP contribution in [-0.2, 0) is 0 Å². The maximum Gasteiger partial charge on any atom is 0.0461 e. The Labute approximate surface area is 113 Å². The maximum atomic E-state index is 3.59. The van der Waals surface area contributed by atoms with Gasteiger partial charge in [0.05, 0.1) is 0 Å². The second-order valence-corrected chi connectivity index (χ2v) is 5.10.